The summed E-state index contributed by atoms with van der Waals surface area (Å²) in [5, 5.41) is 20.0. The third kappa shape index (κ3) is 6.29. The Balaban J connectivity index is 1.14. The van der Waals surface area contributed by atoms with Gasteiger partial charge in [-0.05, 0) is 94.5 Å². The molecule has 9 aromatic rings. The molecule has 0 saturated carbocycles. The average molecular weight is 715 g/mol. The lowest BCUT2D eigenvalue weighted by atomic mass is 10.0. The summed E-state index contributed by atoms with van der Waals surface area (Å²) >= 11 is 1.77. The van der Waals surface area contributed by atoms with Crippen molar-refractivity contribution in [1.29, 1.82) is 5.41 Å². The van der Waals surface area contributed by atoms with Crippen molar-refractivity contribution in [3.05, 3.63) is 198 Å². The van der Waals surface area contributed by atoms with E-state index in [-0.39, 0.29) is 0 Å². The number of amidine groups is 1. The molecular weight excluding hydrogens is 677 g/mol. The molecule has 5 heteroatoms. The van der Waals surface area contributed by atoms with Crippen molar-refractivity contribution < 1.29 is 0 Å². The van der Waals surface area contributed by atoms with Gasteiger partial charge in [0.2, 0.25) is 0 Å². The summed E-state index contributed by atoms with van der Waals surface area (Å²) in [6.45, 7) is 4.23. The van der Waals surface area contributed by atoms with Gasteiger partial charge in [0.1, 0.15) is 12.0 Å². The van der Waals surface area contributed by atoms with Gasteiger partial charge in [0.25, 0.3) is 0 Å². The SMILES string of the molecule is CC(=NC(NC(=N)c1cccc2sc3cc(N(c4ccc5ccccc5c4)c4cc5ccccc5cc4C)ccc3c12)c1ccccc1)c1ccccc1. The zero-order valence-corrected chi connectivity index (χ0v) is 30.9. The van der Waals surface area contributed by atoms with Gasteiger partial charge in [0.05, 0.1) is 0 Å². The van der Waals surface area contributed by atoms with Crippen LogP contribution in [0.25, 0.3) is 41.7 Å². The highest BCUT2D eigenvalue weighted by molar-refractivity contribution is 7.26. The van der Waals surface area contributed by atoms with Crippen LogP contribution in [0.3, 0.4) is 0 Å². The van der Waals surface area contributed by atoms with E-state index in [1.165, 1.54) is 31.8 Å². The highest BCUT2D eigenvalue weighted by Gasteiger charge is 2.20. The van der Waals surface area contributed by atoms with E-state index in [0.717, 1.165) is 54.9 Å². The largest absolute Gasteiger partial charge is 0.345 e. The first-order valence-electron chi connectivity index (χ1n) is 18.2. The van der Waals surface area contributed by atoms with Crippen molar-refractivity contribution in [3.8, 4) is 0 Å². The van der Waals surface area contributed by atoms with E-state index in [2.05, 4.69) is 151 Å². The van der Waals surface area contributed by atoms with E-state index in [9.17, 15) is 5.41 Å². The normalized spacial score (nSPS) is 12.4. The van der Waals surface area contributed by atoms with Crippen molar-refractivity contribution in [2.45, 2.75) is 20.0 Å². The Morgan fingerprint density at radius 3 is 2.00 bits per heavy atom. The highest BCUT2D eigenvalue weighted by atomic mass is 32.1. The zero-order valence-electron chi connectivity index (χ0n) is 30.1. The lowest BCUT2D eigenvalue weighted by Gasteiger charge is -2.28. The Hall–Kier alpha value is -6.56. The van der Waals surface area contributed by atoms with Crippen LogP contribution in [-0.2, 0) is 0 Å². The average Bonchev–Trinajstić information content (AvgIpc) is 3.59. The van der Waals surface area contributed by atoms with Crippen molar-refractivity contribution in [3.63, 3.8) is 0 Å². The van der Waals surface area contributed by atoms with Gasteiger partial charge in [0, 0.05) is 48.5 Å². The standard InChI is InChI=1S/C49H38N4S/c1-32-28-37-19-11-12-21-39(37)30-44(32)53(40-25-24-35-16-9-10-20-38(35)29-40)41-26-27-42-46(31-41)54-45-23-13-22-43(47(42)45)48(50)52-49(36-17-7-4-8-18-36)51-33(2)34-14-5-3-6-15-34/h3-31,49H,1-2H3,(H2,50,52). The Morgan fingerprint density at radius 1 is 0.611 bits per heavy atom. The molecular formula is C49H38N4S. The van der Waals surface area contributed by atoms with Gasteiger partial charge in [-0.15, -0.1) is 11.3 Å². The first-order valence-corrected chi connectivity index (χ1v) is 19.1. The van der Waals surface area contributed by atoms with Gasteiger partial charge in [0.15, 0.2) is 0 Å². The zero-order chi connectivity index (χ0) is 36.6. The second-order valence-electron chi connectivity index (χ2n) is 13.7. The molecule has 8 aromatic carbocycles. The summed E-state index contributed by atoms with van der Waals surface area (Å²) in [4.78, 5) is 7.50. The van der Waals surface area contributed by atoms with E-state index in [1.807, 2.05) is 49.4 Å². The third-order valence-corrected chi connectivity index (χ3v) is 11.3. The minimum absolute atomic E-state index is 0.340. The molecule has 4 nitrogen and oxygen atoms in total. The van der Waals surface area contributed by atoms with Crippen molar-refractivity contribution in [2.24, 2.45) is 4.99 Å². The van der Waals surface area contributed by atoms with Gasteiger partial charge in [-0.25, -0.2) is 0 Å². The second kappa shape index (κ2) is 14.1. The summed E-state index contributed by atoms with van der Waals surface area (Å²) in [7, 11) is 0. The van der Waals surface area contributed by atoms with Gasteiger partial charge in [-0.3, -0.25) is 10.4 Å². The van der Waals surface area contributed by atoms with Crippen molar-refractivity contribution in [2.75, 3.05) is 4.90 Å². The topological polar surface area (TPSA) is 51.5 Å². The summed E-state index contributed by atoms with van der Waals surface area (Å²) in [5.41, 5.74) is 8.38. The van der Waals surface area contributed by atoms with Gasteiger partial charge < -0.3 is 10.2 Å². The van der Waals surface area contributed by atoms with Crippen molar-refractivity contribution >= 4 is 81.7 Å². The fraction of sp³-hybridized carbons (Fsp3) is 0.0612. The number of rotatable bonds is 8. The number of fused-ring (bicyclic) bond motifs is 5. The molecule has 0 saturated heterocycles. The quantitative estimate of drug-likeness (QED) is 0.122. The predicted molar refractivity (Wildman–Crippen MR) is 232 cm³/mol. The van der Waals surface area contributed by atoms with E-state index in [4.69, 9.17) is 4.99 Å². The Bertz CT molecular complexity index is 2860. The first kappa shape index (κ1) is 33.3. The van der Waals surface area contributed by atoms with E-state index >= 15 is 0 Å². The second-order valence-corrected chi connectivity index (χ2v) is 14.8. The van der Waals surface area contributed by atoms with Crippen LogP contribution in [0.4, 0.5) is 17.1 Å². The van der Waals surface area contributed by atoms with Crippen molar-refractivity contribution in [1.82, 2.24) is 5.32 Å². The molecule has 54 heavy (non-hydrogen) atoms. The fourth-order valence-electron chi connectivity index (χ4n) is 7.48. The molecule has 2 N–H and O–H groups in total. The summed E-state index contributed by atoms with van der Waals surface area (Å²) in [6, 6.07) is 61.9. The van der Waals surface area contributed by atoms with Crippen LogP contribution in [0, 0.1) is 12.3 Å². The Kier molecular flexibility index (Phi) is 8.70. The lowest BCUT2D eigenvalue weighted by molar-refractivity contribution is 0.682. The molecule has 0 fully saturated rings. The number of hydrogen-bond acceptors (Lipinski definition) is 4. The van der Waals surface area contributed by atoms with Crippen LogP contribution < -0.4 is 10.2 Å². The number of anilines is 3. The van der Waals surface area contributed by atoms with E-state index < -0.39 is 6.17 Å². The minimum atomic E-state index is -0.425. The molecule has 0 radical (unpaired) electrons. The number of benzene rings is 8. The van der Waals surface area contributed by atoms with Crippen LogP contribution in [0.5, 0.6) is 0 Å². The first-order chi connectivity index (χ1) is 26.5. The molecule has 1 unspecified atom stereocenters. The number of aliphatic imine (C=N–C) groups is 1. The smallest absolute Gasteiger partial charge is 0.146 e. The lowest BCUT2D eigenvalue weighted by Crippen LogP contribution is -2.28. The Morgan fingerprint density at radius 2 is 1.24 bits per heavy atom. The monoisotopic (exact) mass is 714 g/mol. The maximum atomic E-state index is 9.46. The molecule has 0 bridgehead atoms. The third-order valence-electron chi connectivity index (χ3n) is 10.2. The fourth-order valence-corrected chi connectivity index (χ4v) is 8.64. The molecule has 0 aliphatic rings. The number of aryl methyl sites for hydroxylation is 1. The summed E-state index contributed by atoms with van der Waals surface area (Å²) in [6.07, 6.45) is -0.425. The number of thiophene rings is 1. The summed E-state index contributed by atoms with van der Waals surface area (Å²) < 4.78 is 2.31. The van der Waals surface area contributed by atoms with Crippen LogP contribution in [0.15, 0.2) is 181 Å². The molecule has 0 aliphatic heterocycles. The molecule has 1 atom stereocenters. The Labute approximate surface area is 319 Å². The summed E-state index contributed by atoms with van der Waals surface area (Å²) in [5.74, 6) is 0.340. The molecule has 0 amide bonds. The predicted octanol–water partition coefficient (Wildman–Crippen LogP) is 13.3. The number of hydrogen-bond donors (Lipinski definition) is 2. The highest BCUT2D eigenvalue weighted by Crippen LogP contribution is 2.43. The molecule has 0 aliphatic carbocycles. The number of nitrogens with one attached hydrogen (secondary N) is 2. The maximum Gasteiger partial charge on any atom is 0.146 e. The van der Waals surface area contributed by atoms with E-state index in [0.29, 0.717) is 5.84 Å². The molecule has 1 aromatic heterocycles. The molecule has 1 heterocycles. The van der Waals surface area contributed by atoms with E-state index in [1.54, 1.807) is 11.3 Å². The van der Waals surface area contributed by atoms with Crippen LogP contribution >= 0.6 is 11.3 Å². The maximum absolute atomic E-state index is 9.46. The van der Waals surface area contributed by atoms with Gasteiger partial charge in [-0.1, -0.05) is 133 Å². The van der Waals surface area contributed by atoms with Gasteiger partial charge >= 0.3 is 0 Å². The minimum Gasteiger partial charge on any atom is -0.345 e. The number of nitrogens with zero attached hydrogens (tertiary/aromatic N) is 2. The van der Waals surface area contributed by atoms with Crippen LogP contribution in [-0.4, -0.2) is 11.5 Å². The molecule has 0 spiro atoms. The van der Waals surface area contributed by atoms with Crippen LogP contribution in [0.2, 0.25) is 0 Å². The van der Waals surface area contributed by atoms with Gasteiger partial charge in [-0.2, -0.15) is 0 Å². The molecule has 9 rings (SSSR count). The molecule has 260 valence electrons. The van der Waals surface area contributed by atoms with Crippen LogP contribution in [0.1, 0.15) is 35.3 Å².